The predicted molar refractivity (Wildman–Crippen MR) is 91.4 cm³/mol. The zero-order valence-corrected chi connectivity index (χ0v) is 13.2. The molecule has 0 fully saturated rings. The molecule has 0 aromatic heterocycles. The van der Waals surface area contributed by atoms with Crippen LogP contribution in [0.4, 0.5) is 11.4 Å². The number of thioether (sulfide) groups is 1. The summed E-state index contributed by atoms with van der Waals surface area (Å²) in [6.45, 7) is 4.04. The number of hydrazone groups is 1. The number of anilines is 1. The molecule has 0 amide bonds. The van der Waals surface area contributed by atoms with Crippen LogP contribution in [0.5, 0.6) is 0 Å². The predicted octanol–water partition coefficient (Wildman–Crippen LogP) is 5.13. The molecule has 0 spiro atoms. The number of amidine groups is 1. The minimum absolute atomic E-state index is 0.585. The van der Waals surface area contributed by atoms with Gasteiger partial charge in [0.15, 0.2) is 0 Å². The highest BCUT2D eigenvalue weighted by molar-refractivity contribution is 8.13. The van der Waals surface area contributed by atoms with Crippen LogP contribution in [0, 0.1) is 13.8 Å². The Morgan fingerprint density at radius 1 is 0.952 bits per heavy atom. The molecule has 0 saturated heterocycles. The standard InChI is InChI=1S/C16H18N4S/c1-12-8-4-6-10-14(12)17-19-16(21-3)20-18-15-11-7-5-9-13(15)2/h4-11,17H,1-3H3. The lowest BCUT2D eigenvalue weighted by Gasteiger charge is -2.04. The smallest absolute Gasteiger partial charge is 0.227 e. The minimum atomic E-state index is 0.585. The van der Waals surface area contributed by atoms with E-state index in [-0.39, 0.29) is 0 Å². The lowest BCUT2D eigenvalue weighted by molar-refractivity contribution is 1.23. The van der Waals surface area contributed by atoms with Crippen molar-refractivity contribution < 1.29 is 0 Å². The van der Waals surface area contributed by atoms with Gasteiger partial charge in [-0.1, -0.05) is 48.2 Å². The average Bonchev–Trinajstić information content (AvgIpc) is 2.50. The summed E-state index contributed by atoms with van der Waals surface area (Å²) >= 11 is 1.45. The maximum absolute atomic E-state index is 4.29. The largest absolute Gasteiger partial charge is 0.276 e. The molecule has 2 aromatic carbocycles. The highest BCUT2D eigenvalue weighted by Crippen LogP contribution is 2.19. The van der Waals surface area contributed by atoms with Crippen molar-refractivity contribution in [3.05, 3.63) is 59.7 Å². The molecule has 0 saturated carbocycles. The van der Waals surface area contributed by atoms with E-state index < -0.39 is 0 Å². The molecule has 2 aromatic rings. The van der Waals surface area contributed by atoms with Gasteiger partial charge in [-0.25, -0.2) is 0 Å². The van der Waals surface area contributed by atoms with Gasteiger partial charge in [-0.3, -0.25) is 5.43 Å². The third-order valence-corrected chi connectivity index (χ3v) is 3.50. The first-order valence-corrected chi connectivity index (χ1v) is 7.84. The Morgan fingerprint density at radius 2 is 1.62 bits per heavy atom. The van der Waals surface area contributed by atoms with Gasteiger partial charge in [0.1, 0.15) is 0 Å². The number of nitrogens with one attached hydrogen (secondary N) is 1. The highest BCUT2D eigenvalue weighted by atomic mass is 32.2. The molecule has 4 nitrogen and oxygen atoms in total. The third kappa shape index (κ3) is 4.43. The monoisotopic (exact) mass is 298 g/mol. The topological polar surface area (TPSA) is 49.1 Å². The molecule has 0 aliphatic carbocycles. The summed E-state index contributed by atoms with van der Waals surface area (Å²) < 4.78 is 0. The summed E-state index contributed by atoms with van der Waals surface area (Å²) in [6.07, 6.45) is 1.93. The molecular weight excluding hydrogens is 280 g/mol. The number of para-hydroxylation sites is 1. The Kier molecular flexibility index (Phi) is 5.51. The van der Waals surface area contributed by atoms with E-state index in [0.717, 1.165) is 22.5 Å². The molecule has 108 valence electrons. The second kappa shape index (κ2) is 7.59. The van der Waals surface area contributed by atoms with Crippen LogP contribution < -0.4 is 5.43 Å². The molecule has 0 aliphatic heterocycles. The maximum atomic E-state index is 4.29. The first-order valence-electron chi connectivity index (χ1n) is 6.61. The van der Waals surface area contributed by atoms with Crippen LogP contribution in [0.25, 0.3) is 0 Å². The number of hydrogen-bond acceptors (Lipinski definition) is 4. The molecule has 5 heteroatoms. The first kappa shape index (κ1) is 15.3. The van der Waals surface area contributed by atoms with E-state index in [1.807, 2.05) is 68.6 Å². The number of rotatable bonds is 3. The lowest BCUT2D eigenvalue weighted by atomic mass is 10.2. The van der Waals surface area contributed by atoms with Crippen molar-refractivity contribution in [2.75, 3.05) is 11.7 Å². The first-order chi connectivity index (χ1) is 10.2. The Hall–Kier alpha value is -2.14. The quantitative estimate of drug-likeness (QED) is 0.369. The van der Waals surface area contributed by atoms with Crippen LogP contribution in [-0.4, -0.2) is 11.4 Å². The van der Waals surface area contributed by atoms with Crippen molar-refractivity contribution in [2.45, 2.75) is 13.8 Å². The lowest BCUT2D eigenvalue weighted by Crippen LogP contribution is -1.95. The maximum Gasteiger partial charge on any atom is 0.227 e. The van der Waals surface area contributed by atoms with Crippen LogP contribution in [0.15, 0.2) is 63.9 Å². The van der Waals surface area contributed by atoms with Gasteiger partial charge in [-0.15, -0.1) is 15.3 Å². The zero-order chi connectivity index (χ0) is 15.1. The van der Waals surface area contributed by atoms with E-state index in [0.29, 0.717) is 5.17 Å². The highest BCUT2D eigenvalue weighted by Gasteiger charge is 1.99. The van der Waals surface area contributed by atoms with Crippen molar-refractivity contribution in [1.29, 1.82) is 0 Å². The van der Waals surface area contributed by atoms with E-state index in [2.05, 4.69) is 20.8 Å². The second-order valence-corrected chi connectivity index (χ2v) is 5.29. The van der Waals surface area contributed by atoms with Crippen LogP contribution in [0.2, 0.25) is 0 Å². The fourth-order valence-electron chi connectivity index (χ4n) is 1.69. The molecule has 0 aliphatic rings. The third-order valence-electron chi connectivity index (χ3n) is 2.96. The normalized spacial score (nSPS) is 11.9. The summed E-state index contributed by atoms with van der Waals surface area (Å²) in [5, 5.41) is 13.3. The van der Waals surface area contributed by atoms with Crippen LogP contribution in [0.1, 0.15) is 11.1 Å². The van der Waals surface area contributed by atoms with Gasteiger partial charge in [-0.2, -0.15) is 0 Å². The molecule has 0 atom stereocenters. The van der Waals surface area contributed by atoms with Gasteiger partial charge in [0.2, 0.25) is 5.17 Å². The van der Waals surface area contributed by atoms with E-state index in [1.165, 1.54) is 11.8 Å². The molecule has 0 bridgehead atoms. The van der Waals surface area contributed by atoms with Gasteiger partial charge in [0.05, 0.1) is 11.4 Å². The Bertz CT molecular complexity index is 665. The number of aryl methyl sites for hydroxylation is 2. The van der Waals surface area contributed by atoms with Gasteiger partial charge in [0, 0.05) is 0 Å². The van der Waals surface area contributed by atoms with E-state index in [9.17, 15) is 0 Å². The van der Waals surface area contributed by atoms with Crippen molar-refractivity contribution in [3.63, 3.8) is 0 Å². The Labute approximate surface area is 129 Å². The van der Waals surface area contributed by atoms with E-state index >= 15 is 0 Å². The Balaban J connectivity index is 2.11. The van der Waals surface area contributed by atoms with E-state index in [1.54, 1.807) is 0 Å². The summed E-state index contributed by atoms with van der Waals surface area (Å²) in [5.41, 5.74) is 7.08. The van der Waals surface area contributed by atoms with Crippen molar-refractivity contribution in [1.82, 2.24) is 0 Å². The molecule has 0 heterocycles. The number of benzene rings is 2. The van der Waals surface area contributed by atoms with Gasteiger partial charge < -0.3 is 0 Å². The van der Waals surface area contributed by atoms with Crippen LogP contribution in [-0.2, 0) is 0 Å². The molecule has 0 radical (unpaired) electrons. The number of azo groups is 1. The summed E-state index contributed by atoms with van der Waals surface area (Å²) in [6, 6.07) is 15.9. The zero-order valence-electron chi connectivity index (χ0n) is 12.4. The van der Waals surface area contributed by atoms with Gasteiger partial charge >= 0.3 is 0 Å². The SMILES string of the molecule is CSC(N=Nc1ccccc1C)=NNc1ccccc1C. The van der Waals surface area contributed by atoms with Crippen LogP contribution >= 0.6 is 11.8 Å². The second-order valence-electron chi connectivity index (χ2n) is 4.51. The number of hydrogen-bond donors (Lipinski definition) is 1. The number of nitrogens with zero attached hydrogens (tertiary/aromatic N) is 3. The summed E-state index contributed by atoms with van der Waals surface area (Å²) in [5.74, 6) is 0. The minimum Gasteiger partial charge on any atom is -0.276 e. The van der Waals surface area contributed by atoms with Gasteiger partial charge in [-0.05, 0) is 43.4 Å². The summed E-state index contributed by atoms with van der Waals surface area (Å²) in [7, 11) is 0. The van der Waals surface area contributed by atoms with Crippen molar-refractivity contribution in [2.24, 2.45) is 15.3 Å². The average molecular weight is 298 g/mol. The molecule has 2 rings (SSSR count). The van der Waals surface area contributed by atoms with Crippen molar-refractivity contribution in [3.8, 4) is 0 Å². The molecule has 21 heavy (non-hydrogen) atoms. The molecular formula is C16H18N4S. The summed E-state index contributed by atoms with van der Waals surface area (Å²) in [4.78, 5) is 0. The molecule has 0 unspecified atom stereocenters. The fourth-order valence-corrected chi connectivity index (χ4v) is 1.95. The Morgan fingerprint density at radius 3 is 2.29 bits per heavy atom. The fraction of sp³-hybridized carbons (Fsp3) is 0.188. The molecule has 1 N–H and O–H groups in total. The van der Waals surface area contributed by atoms with Crippen molar-refractivity contribution >= 4 is 28.3 Å². The van der Waals surface area contributed by atoms with Crippen LogP contribution in [0.3, 0.4) is 0 Å². The van der Waals surface area contributed by atoms with Gasteiger partial charge in [0.25, 0.3) is 0 Å². The van der Waals surface area contributed by atoms with E-state index in [4.69, 9.17) is 0 Å².